The molecule has 25 heavy (non-hydrogen) atoms. The van der Waals surface area contributed by atoms with E-state index >= 15 is 0 Å². The number of hydrogen-bond acceptors (Lipinski definition) is 3. The summed E-state index contributed by atoms with van der Waals surface area (Å²) in [6.45, 7) is 4.19. The second-order valence-electron chi connectivity index (χ2n) is 6.67. The van der Waals surface area contributed by atoms with E-state index in [2.05, 4.69) is 31.3 Å². The van der Waals surface area contributed by atoms with Crippen LogP contribution in [0.4, 0.5) is 0 Å². The molecule has 0 amide bonds. The Morgan fingerprint density at radius 1 is 1.04 bits per heavy atom. The van der Waals surface area contributed by atoms with Crippen molar-refractivity contribution in [2.45, 2.75) is 49.6 Å². The molecule has 0 saturated carbocycles. The Morgan fingerprint density at radius 3 is 2.32 bits per heavy atom. The molecule has 1 aliphatic heterocycles. The maximum absolute atomic E-state index is 13.1. The predicted molar refractivity (Wildman–Crippen MR) is 105 cm³/mol. The zero-order valence-electron chi connectivity index (χ0n) is 14.7. The van der Waals surface area contributed by atoms with E-state index < -0.39 is 15.4 Å². The lowest BCUT2D eigenvalue weighted by molar-refractivity contribution is 0.300. The number of fused-ring (bicyclic) bond motifs is 1. The van der Waals surface area contributed by atoms with Gasteiger partial charge < -0.3 is 0 Å². The van der Waals surface area contributed by atoms with Crippen molar-refractivity contribution in [2.24, 2.45) is 0 Å². The molecule has 2 aromatic carbocycles. The summed E-state index contributed by atoms with van der Waals surface area (Å²) in [6.07, 6.45) is 2.59. The van der Waals surface area contributed by atoms with E-state index in [1.54, 1.807) is 6.07 Å². The third kappa shape index (κ3) is 3.91. The van der Waals surface area contributed by atoms with Gasteiger partial charge in [-0.05, 0) is 30.0 Å². The Labute approximate surface area is 157 Å². The quantitative estimate of drug-likeness (QED) is 0.849. The molecule has 1 heterocycles. The van der Waals surface area contributed by atoms with Crippen molar-refractivity contribution >= 4 is 22.2 Å². The summed E-state index contributed by atoms with van der Waals surface area (Å²) in [5.41, 5.74) is 1.57. The van der Waals surface area contributed by atoms with Gasteiger partial charge in [0.1, 0.15) is 0 Å². The van der Waals surface area contributed by atoms with Crippen molar-refractivity contribution in [1.29, 1.82) is 0 Å². The van der Waals surface area contributed by atoms with Crippen LogP contribution in [0.25, 0.3) is 0 Å². The normalized spacial score (nSPS) is 24.6. The van der Waals surface area contributed by atoms with Gasteiger partial charge in [-0.15, -0.1) is 12.4 Å². The van der Waals surface area contributed by atoms with Gasteiger partial charge >= 0.3 is 0 Å². The zero-order valence-corrected chi connectivity index (χ0v) is 16.4. The minimum Gasteiger partial charge on any atom is -0.300 e. The lowest BCUT2D eigenvalue weighted by atomic mass is 9.89. The summed E-state index contributed by atoms with van der Waals surface area (Å²) in [6, 6.07) is 17.5. The largest absolute Gasteiger partial charge is 0.300 e. The van der Waals surface area contributed by atoms with Crippen LogP contribution in [0.2, 0.25) is 0 Å². The molecule has 0 aromatic heterocycles. The number of hydrogen-bond donors (Lipinski definition) is 1. The van der Waals surface area contributed by atoms with Crippen LogP contribution in [0.5, 0.6) is 0 Å². The molecule has 3 nitrogen and oxygen atoms in total. The topological polar surface area (TPSA) is 46.2 Å². The van der Waals surface area contributed by atoms with Gasteiger partial charge in [-0.25, -0.2) is 8.42 Å². The van der Waals surface area contributed by atoms with Crippen LogP contribution in [-0.4, -0.2) is 19.7 Å². The Kier molecular flexibility index (Phi) is 6.30. The van der Waals surface area contributed by atoms with E-state index in [-0.39, 0.29) is 24.2 Å². The molecule has 2 aromatic rings. The number of benzene rings is 2. The zero-order chi connectivity index (χ0) is 17.2. The smallest absolute Gasteiger partial charge is 0.180 e. The van der Waals surface area contributed by atoms with E-state index in [4.69, 9.17) is 0 Å². The molecule has 2 unspecified atom stereocenters. The van der Waals surface area contributed by atoms with E-state index in [0.29, 0.717) is 4.90 Å². The predicted octanol–water partition coefficient (Wildman–Crippen LogP) is 4.52. The number of rotatable bonds is 4. The van der Waals surface area contributed by atoms with E-state index in [1.165, 1.54) is 0 Å². The van der Waals surface area contributed by atoms with Crippen molar-refractivity contribution in [3.05, 3.63) is 65.7 Å². The highest BCUT2D eigenvalue weighted by Gasteiger charge is 2.41. The van der Waals surface area contributed by atoms with Gasteiger partial charge in [0, 0.05) is 5.54 Å². The SMILES string of the molecule is CCCC1(CC)CS(=O)(=O)c2ccccc2C(c2ccccc2)N1.Cl. The van der Waals surface area contributed by atoms with Gasteiger partial charge in [-0.1, -0.05) is 68.8 Å². The van der Waals surface area contributed by atoms with Crippen LogP contribution in [-0.2, 0) is 9.84 Å². The molecular formula is C20H26ClNO2S. The van der Waals surface area contributed by atoms with Crippen molar-refractivity contribution in [3.63, 3.8) is 0 Å². The van der Waals surface area contributed by atoms with Crippen LogP contribution in [0, 0.1) is 0 Å². The highest BCUT2D eigenvalue weighted by Crippen LogP contribution is 2.37. The summed E-state index contributed by atoms with van der Waals surface area (Å²) >= 11 is 0. The Morgan fingerprint density at radius 2 is 1.68 bits per heavy atom. The first-order valence-electron chi connectivity index (χ1n) is 8.66. The molecule has 1 N–H and O–H groups in total. The number of nitrogens with one attached hydrogen (secondary N) is 1. The van der Waals surface area contributed by atoms with Crippen LogP contribution in [0.3, 0.4) is 0 Å². The fourth-order valence-corrected chi connectivity index (χ4v) is 5.93. The Bertz CT molecular complexity index is 807. The fourth-order valence-electron chi connectivity index (χ4n) is 3.78. The molecule has 1 aliphatic rings. The van der Waals surface area contributed by atoms with Crippen molar-refractivity contribution in [3.8, 4) is 0 Å². The summed E-state index contributed by atoms with van der Waals surface area (Å²) in [4.78, 5) is 0.470. The molecular weight excluding hydrogens is 354 g/mol. The van der Waals surface area contributed by atoms with Crippen LogP contribution in [0.1, 0.15) is 50.3 Å². The molecule has 136 valence electrons. The first-order valence-corrected chi connectivity index (χ1v) is 10.3. The monoisotopic (exact) mass is 379 g/mol. The minimum atomic E-state index is -3.32. The van der Waals surface area contributed by atoms with Crippen LogP contribution >= 0.6 is 12.4 Å². The molecule has 0 saturated heterocycles. The summed E-state index contributed by atoms with van der Waals surface area (Å²) in [5, 5.41) is 3.73. The molecule has 5 heteroatoms. The second kappa shape index (κ2) is 7.90. The first kappa shape index (κ1) is 20.0. The van der Waals surface area contributed by atoms with Crippen LogP contribution < -0.4 is 5.32 Å². The molecule has 0 bridgehead atoms. The van der Waals surface area contributed by atoms with Crippen molar-refractivity contribution < 1.29 is 8.42 Å². The average Bonchev–Trinajstić information content (AvgIpc) is 2.69. The summed E-state index contributed by atoms with van der Waals surface area (Å²) < 4.78 is 26.2. The highest BCUT2D eigenvalue weighted by atomic mass is 35.5. The van der Waals surface area contributed by atoms with Crippen molar-refractivity contribution in [1.82, 2.24) is 5.32 Å². The van der Waals surface area contributed by atoms with Gasteiger partial charge in [0.2, 0.25) is 0 Å². The molecule has 0 spiro atoms. The third-order valence-electron chi connectivity index (χ3n) is 5.02. The Hall–Kier alpha value is -1.36. The summed E-state index contributed by atoms with van der Waals surface area (Å²) in [7, 11) is -3.32. The second-order valence-corrected chi connectivity index (χ2v) is 8.63. The van der Waals surface area contributed by atoms with Gasteiger partial charge in [-0.2, -0.15) is 0 Å². The van der Waals surface area contributed by atoms with Gasteiger partial charge in [0.05, 0.1) is 16.7 Å². The molecule has 2 atom stereocenters. The van der Waals surface area contributed by atoms with Crippen molar-refractivity contribution in [2.75, 3.05) is 5.75 Å². The number of sulfone groups is 1. The maximum atomic E-state index is 13.1. The average molecular weight is 380 g/mol. The summed E-state index contributed by atoms with van der Waals surface area (Å²) in [5.74, 6) is 0.157. The van der Waals surface area contributed by atoms with E-state index in [9.17, 15) is 8.42 Å². The lowest BCUT2D eigenvalue weighted by Gasteiger charge is -2.35. The van der Waals surface area contributed by atoms with Gasteiger partial charge in [-0.3, -0.25) is 5.32 Å². The third-order valence-corrected chi connectivity index (χ3v) is 6.99. The lowest BCUT2D eigenvalue weighted by Crippen LogP contribution is -2.50. The minimum absolute atomic E-state index is 0. The molecule has 3 rings (SSSR count). The molecule has 0 radical (unpaired) electrons. The fraction of sp³-hybridized carbons (Fsp3) is 0.400. The molecule has 0 fully saturated rings. The Balaban J connectivity index is 0.00000225. The first-order chi connectivity index (χ1) is 11.5. The maximum Gasteiger partial charge on any atom is 0.180 e. The number of halogens is 1. The van der Waals surface area contributed by atoms with Crippen LogP contribution in [0.15, 0.2) is 59.5 Å². The standard InChI is InChI=1S/C20H25NO2S.ClH/c1-3-14-20(4-2)15-24(22,23)18-13-9-8-12-17(18)19(21-20)16-10-6-5-7-11-16;/h5-13,19,21H,3-4,14-15H2,1-2H3;1H. The van der Waals surface area contributed by atoms with E-state index in [1.807, 2.05) is 36.4 Å². The van der Waals surface area contributed by atoms with Gasteiger partial charge in [0.15, 0.2) is 9.84 Å². The molecule has 0 aliphatic carbocycles. The van der Waals surface area contributed by atoms with Gasteiger partial charge in [0.25, 0.3) is 0 Å². The van der Waals surface area contributed by atoms with E-state index in [0.717, 1.165) is 30.4 Å². The highest BCUT2D eigenvalue weighted by molar-refractivity contribution is 7.91.